The van der Waals surface area contributed by atoms with Gasteiger partial charge in [-0.25, -0.2) is 0 Å². The molecule has 0 amide bonds. The Kier molecular flexibility index (Phi) is 543. The van der Waals surface area contributed by atoms with Crippen molar-refractivity contribution in [2.75, 3.05) is 0 Å². The third-order valence-corrected chi connectivity index (χ3v) is 0. The maximum atomic E-state index is 8.89. The number of carboxylic acid groups (broad SMARTS) is 16. The van der Waals surface area contributed by atoms with Crippen LogP contribution in [0.2, 0.25) is 0 Å². The van der Waals surface area contributed by atoms with E-state index in [0.717, 1.165) is 111 Å². The van der Waals surface area contributed by atoms with E-state index < -0.39 is 95.5 Å². The fraction of sp³-hybridized carbons (Fsp3) is 0.500. The molecule has 384 valence electrons. The van der Waals surface area contributed by atoms with Gasteiger partial charge >= 0.3 is 822 Å². The standard InChI is InChI=1S/16C2H4O2.16K/c16*1-2(3)4;;;;;;;;;;;;;;;;/h16*1H3,(H,3,4);;;;;;;;;;;;;;;;/q;;;;;;;;;;;;;;;;16*+1/p-16. The minimum absolute atomic E-state index is 0. The molecule has 0 saturated carbocycles. The average molecular weight is 1570 g/mol. The van der Waals surface area contributed by atoms with E-state index in [-0.39, 0.29) is 822 Å². The van der Waals surface area contributed by atoms with Crippen molar-refractivity contribution in [1.29, 1.82) is 0 Å². The summed E-state index contributed by atoms with van der Waals surface area (Å²) in [5.74, 6) is -17.3. The Morgan fingerprint density at radius 2 is 0.113 bits per heavy atom. The molecule has 0 fully saturated rings. The molecule has 0 aliphatic carbocycles. The summed E-state index contributed by atoms with van der Waals surface area (Å²) in [5, 5.41) is 142. The molecule has 0 saturated heterocycles. The average Bonchev–Trinajstić information content (AvgIpc) is 2.83. The van der Waals surface area contributed by atoms with E-state index in [1.165, 1.54) is 0 Å². The predicted molar refractivity (Wildman–Crippen MR) is 171 cm³/mol. The molecule has 0 aliphatic heterocycles. The van der Waals surface area contributed by atoms with Gasteiger partial charge in [-0.05, 0) is 111 Å². The van der Waals surface area contributed by atoms with Crippen molar-refractivity contribution in [3.63, 3.8) is 0 Å². The first-order valence-corrected chi connectivity index (χ1v) is 14.5. The molecule has 0 aliphatic rings. The zero-order valence-electron chi connectivity index (χ0n) is 53.1. The van der Waals surface area contributed by atoms with Crippen molar-refractivity contribution < 1.29 is 981 Å². The Morgan fingerprint density at radius 3 is 0.113 bits per heavy atom. The molecule has 0 aromatic heterocycles. The topological polar surface area (TPSA) is 642 Å². The number of carbonyl (C=O) groups excluding carboxylic acids is 16. The van der Waals surface area contributed by atoms with Crippen molar-refractivity contribution in [3.05, 3.63) is 0 Å². The van der Waals surface area contributed by atoms with Crippen LogP contribution in [0.4, 0.5) is 0 Å². The molecule has 0 heterocycles. The maximum Gasteiger partial charge on any atom is 1.00 e. The molecule has 0 radical (unpaired) electrons. The van der Waals surface area contributed by atoms with Gasteiger partial charge in [0.05, 0.1) is 0 Å². The van der Waals surface area contributed by atoms with Crippen LogP contribution in [-0.2, 0) is 76.7 Å². The van der Waals surface area contributed by atoms with Crippen LogP contribution < -0.4 is 904 Å². The smallest absolute Gasteiger partial charge is 0.550 e. The minimum atomic E-state index is -1.08. The normalized spacial score (nSPS) is 5.00. The van der Waals surface area contributed by atoms with Crippen molar-refractivity contribution in [1.82, 2.24) is 0 Å². The quantitative estimate of drug-likeness (QED) is 0.203. The molecule has 0 spiro atoms. The first-order valence-electron chi connectivity index (χ1n) is 14.5. The Hall–Kier alpha value is 17.7. The van der Waals surface area contributed by atoms with E-state index in [1.807, 2.05) is 0 Å². The van der Waals surface area contributed by atoms with Gasteiger partial charge in [0.15, 0.2) is 0 Å². The van der Waals surface area contributed by atoms with Gasteiger partial charge < -0.3 is 158 Å². The summed E-state index contributed by atoms with van der Waals surface area (Å²) in [6.07, 6.45) is 0. The zero-order valence-corrected chi connectivity index (χ0v) is 103. The van der Waals surface area contributed by atoms with E-state index in [4.69, 9.17) is 158 Å². The van der Waals surface area contributed by atoms with Gasteiger partial charge in [-0.3, -0.25) is 0 Å². The zero-order chi connectivity index (χ0) is 57.2. The molecular weight excluding hydrogens is 1520 g/mol. The summed E-state index contributed by atoms with van der Waals surface area (Å²) in [6, 6.07) is 0. The number of aliphatic carboxylic acids is 16. The predicted octanol–water partition coefficient (Wildman–Crippen LogP) is -67.8. The van der Waals surface area contributed by atoms with Crippen molar-refractivity contribution >= 4 is 95.5 Å². The van der Waals surface area contributed by atoms with Gasteiger partial charge in [0.25, 0.3) is 0 Å². The third-order valence-electron chi connectivity index (χ3n) is 0. The Balaban J connectivity index is -0.0000000101. The summed E-state index contributed by atoms with van der Waals surface area (Å²) >= 11 is 0. The fourth-order valence-corrected chi connectivity index (χ4v) is 0. The van der Waals surface area contributed by atoms with Crippen LogP contribution in [0, 0.1) is 0 Å². The molecule has 0 N–H and O–H groups in total. The van der Waals surface area contributed by atoms with E-state index in [1.54, 1.807) is 0 Å². The summed E-state index contributed by atoms with van der Waals surface area (Å²) in [7, 11) is 0. The van der Waals surface area contributed by atoms with Crippen LogP contribution in [0.5, 0.6) is 0 Å². The monoisotopic (exact) mass is 1570 g/mol. The van der Waals surface area contributed by atoms with Crippen LogP contribution >= 0.6 is 0 Å². The Morgan fingerprint density at radius 1 is 0.113 bits per heavy atom. The number of carboxylic acids is 16. The summed E-state index contributed by atoms with van der Waals surface area (Å²) in [6.45, 7) is 15.6. The number of carbonyl (C=O) groups is 16. The van der Waals surface area contributed by atoms with E-state index in [0.29, 0.717) is 0 Å². The first-order chi connectivity index (χ1) is 27.7. The van der Waals surface area contributed by atoms with Crippen LogP contribution in [0.25, 0.3) is 0 Å². The number of rotatable bonds is 0. The summed E-state index contributed by atoms with van der Waals surface area (Å²) in [5.41, 5.74) is 0. The molecule has 48 heteroatoms. The van der Waals surface area contributed by atoms with Crippen molar-refractivity contribution in [2.24, 2.45) is 0 Å². The van der Waals surface area contributed by atoms with Crippen LogP contribution in [0.15, 0.2) is 0 Å². The van der Waals surface area contributed by atoms with Gasteiger partial charge in [-0.1, -0.05) is 0 Å². The second-order valence-electron chi connectivity index (χ2n) is 7.87. The summed E-state index contributed by atoms with van der Waals surface area (Å²) < 4.78 is 0. The molecular formula is C32H48K16O32. The van der Waals surface area contributed by atoms with Crippen molar-refractivity contribution in [2.45, 2.75) is 111 Å². The first kappa shape index (κ1) is 212. The van der Waals surface area contributed by atoms with Crippen molar-refractivity contribution in [3.8, 4) is 0 Å². The van der Waals surface area contributed by atoms with Gasteiger partial charge in [-0.15, -0.1) is 0 Å². The molecule has 0 unspecified atom stereocenters. The van der Waals surface area contributed by atoms with E-state index in [2.05, 4.69) is 0 Å². The molecule has 32 nitrogen and oxygen atoms in total. The van der Waals surface area contributed by atoms with Crippen LogP contribution in [0.3, 0.4) is 0 Å². The third kappa shape index (κ3) is 2740. The van der Waals surface area contributed by atoms with Crippen LogP contribution in [0.1, 0.15) is 111 Å². The fourth-order valence-electron chi connectivity index (χ4n) is 0. The second-order valence-corrected chi connectivity index (χ2v) is 7.87. The van der Waals surface area contributed by atoms with Crippen LogP contribution in [-0.4, -0.2) is 95.5 Å². The van der Waals surface area contributed by atoms with Gasteiger partial charge in [-0.2, -0.15) is 0 Å². The SMILES string of the molecule is CC(=O)[O-].CC(=O)[O-].CC(=O)[O-].CC(=O)[O-].CC(=O)[O-].CC(=O)[O-].CC(=O)[O-].CC(=O)[O-].CC(=O)[O-].CC(=O)[O-].CC(=O)[O-].CC(=O)[O-].CC(=O)[O-].CC(=O)[O-].CC(=O)[O-].CC(=O)[O-].[K+].[K+].[K+].[K+].[K+].[K+].[K+].[K+].[K+].[K+].[K+].[K+].[K+].[K+].[K+].[K+]. The van der Waals surface area contributed by atoms with E-state index >= 15 is 0 Å². The summed E-state index contributed by atoms with van der Waals surface area (Å²) in [4.78, 5) is 142. The maximum absolute atomic E-state index is 8.89. The molecule has 0 bridgehead atoms. The molecule has 0 rings (SSSR count). The Bertz CT molecular complexity index is 874. The molecule has 0 aromatic rings. The van der Waals surface area contributed by atoms with E-state index in [9.17, 15) is 0 Å². The van der Waals surface area contributed by atoms with Gasteiger partial charge in [0.2, 0.25) is 0 Å². The second kappa shape index (κ2) is 205. The minimum Gasteiger partial charge on any atom is -0.550 e. The van der Waals surface area contributed by atoms with Gasteiger partial charge in [0.1, 0.15) is 0 Å². The molecule has 80 heavy (non-hydrogen) atoms. The Labute approximate surface area is 1150 Å². The number of hydrogen-bond donors (Lipinski definition) is 0. The molecule has 0 atom stereocenters. The number of hydrogen-bond acceptors (Lipinski definition) is 32. The largest absolute Gasteiger partial charge is 1.00 e. The van der Waals surface area contributed by atoms with Gasteiger partial charge in [0, 0.05) is 95.5 Å². The molecule has 0 aromatic carbocycles.